The molecule has 0 unspecified atom stereocenters. The van der Waals surface area contributed by atoms with E-state index in [0.29, 0.717) is 0 Å². The smallest absolute Gasteiger partial charge is 0.113 e. The predicted octanol–water partition coefficient (Wildman–Crippen LogP) is 14.7. The third kappa shape index (κ3) is 15.1. The molecule has 0 amide bonds. The van der Waals surface area contributed by atoms with Crippen LogP contribution in [-0.4, -0.2) is 9.97 Å². The van der Waals surface area contributed by atoms with Crippen molar-refractivity contribution in [2.24, 2.45) is 11.8 Å². The van der Waals surface area contributed by atoms with Crippen molar-refractivity contribution in [1.82, 2.24) is 9.97 Å². The zero-order valence-corrected chi connectivity index (χ0v) is 35.4. The van der Waals surface area contributed by atoms with Crippen LogP contribution >= 0.6 is 0 Å². The van der Waals surface area contributed by atoms with Gasteiger partial charge in [0.15, 0.2) is 0 Å². The lowest BCUT2D eigenvalue weighted by Crippen LogP contribution is -2.13. The number of pyridine rings is 2. The summed E-state index contributed by atoms with van der Waals surface area (Å²) >= 11 is 0. The number of aryl methyl sites for hydroxylation is 2. The molecule has 2 saturated carbocycles. The Hall–Kier alpha value is -4.14. The minimum atomic E-state index is 0.747. The lowest BCUT2D eigenvalue weighted by Gasteiger charge is -2.29. The van der Waals surface area contributed by atoms with E-state index < -0.39 is 0 Å². The fourth-order valence-electron chi connectivity index (χ4n) is 8.64. The Labute approximate surface area is 342 Å². The highest BCUT2D eigenvalue weighted by Gasteiger charge is 2.23. The molecule has 2 fully saturated rings. The highest BCUT2D eigenvalue weighted by Crippen LogP contribution is 2.39. The summed E-state index contributed by atoms with van der Waals surface area (Å²) in [5.74, 6) is 16.4. The number of benzene rings is 2. The van der Waals surface area contributed by atoms with Crippen LogP contribution in [-0.2, 0) is 6.42 Å². The van der Waals surface area contributed by atoms with Gasteiger partial charge in [-0.3, -0.25) is 0 Å². The zero-order valence-electron chi connectivity index (χ0n) is 35.4. The second-order valence-electron chi connectivity index (χ2n) is 16.9. The maximum atomic E-state index is 4.54. The summed E-state index contributed by atoms with van der Waals surface area (Å²) in [6.07, 6.45) is 31.0. The number of unbranched alkanes of at least 4 members (excludes halogenated alkanes) is 6. The highest BCUT2D eigenvalue weighted by atomic mass is 14.7. The minimum absolute atomic E-state index is 0.747. The molecule has 0 atom stereocenters. The lowest BCUT2D eigenvalue weighted by molar-refractivity contribution is 0.303. The van der Waals surface area contributed by atoms with Crippen molar-refractivity contribution >= 4 is 0 Å². The minimum Gasteiger partial charge on any atom is -0.248 e. The summed E-state index contributed by atoms with van der Waals surface area (Å²) in [6.45, 7) is 8.89. The zero-order chi connectivity index (χ0) is 39.2. The monoisotopic (exact) mass is 747 g/mol. The van der Waals surface area contributed by atoms with E-state index in [0.717, 1.165) is 52.6 Å². The van der Waals surface area contributed by atoms with Crippen LogP contribution in [0, 0.1) is 42.4 Å². The summed E-state index contributed by atoms with van der Waals surface area (Å²) in [7, 11) is 0. The Morgan fingerprint density at radius 3 is 1.41 bits per heavy atom. The Kier molecular flexibility index (Phi) is 18.8. The molecule has 2 nitrogen and oxygen atoms in total. The van der Waals surface area contributed by atoms with E-state index in [-0.39, 0.29) is 0 Å². The third-order valence-corrected chi connectivity index (χ3v) is 12.4. The first kappa shape index (κ1) is 43.0. The van der Waals surface area contributed by atoms with E-state index in [1.165, 1.54) is 144 Å². The van der Waals surface area contributed by atoms with Crippen LogP contribution in [0.3, 0.4) is 0 Å². The molecule has 2 heteroatoms. The van der Waals surface area contributed by atoms with E-state index >= 15 is 0 Å². The standard InChI is InChI=1S/C29H39N.C25H31N/c1-3-5-7-8-10-26-16-22-29(30-23-26)21-15-25-13-19-28(20-14-25)27-17-11-24(12-18-27)9-6-4-2;1-3-4-5-6-21-8-13-23(14-9-21)24-15-10-22(11-16-24)12-18-25-17-7-20(2)19-26-25/h13-14,16,19-20,22-24,27H,3-12,17-18H2,1-2H3;7,10-11,15-17,19,21,23H,3-6,8-9,13-14H2,1-2H3. The molecule has 2 aromatic heterocycles. The topological polar surface area (TPSA) is 25.8 Å². The van der Waals surface area contributed by atoms with Crippen LogP contribution in [0.2, 0.25) is 0 Å². The van der Waals surface area contributed by atoms with Gasteiger partial charge >= 0.3 is 0 Å². The number of hydrogen-bond acceptors (Lipinski definition) is 2. The highest BCUT2D eigenvalue weighted by molar-refractivity contribution is 5.43. The quantitative estimate of drug-likeness (QED) is 0.0948. The molecule has 0 bridgehead atoms. The second kappa shape index (κ2) is 24.5. The fourth-order valence-corrected chi connectivity index (χ4v) is 8.64. The molecule has 2 heterocycles. The summed E-state index contributed by atoms with van der Waals surface area (Å²) < 4.78 is 0. The van der Waals surface area contributed by atoms with Gasteiger partial charge in [-0.1, -0.05) is 133 Å². The second-order valence-corrected chi connectivity index (χ2v) is 16.9. The molecule has 0 aliphatic heterocycles. The molecule has 56 heavy (non-hydrogen) atoms. The van der Waals surface area contributed by atoms with Crippen LogP contribution in [0.4, 0.5) is 0 Å². The fraction of sp³-hybridized carbons (Fsp3) is 0.519. The average molecular weight is 747 g/mol. The molecule has 0 N–H and O–H groups in total. The van der Waals surface area contributed by atoms with Crippen molar-refractivity contribution in [2.45, 2.75) is 168 Å². The van der Waals surface area contributed by atoms with Crippen LogP contribution < -0.4 is 0 Å². The van der Waals surface area contributed by atoms with Gasteiger partial charge in [0.1, 0.15) is 11.4 Å². The molecule has 6 rings (SSSR count). The van der Waals surface area contributed by atoms with Crippen molar-refractivity contribution in [3.63, 3.8) is 0 Å². The van der Waals surface area contributed by atoms with E-state index in [1.54, 1.807) is 0 Å². The first-order valence-corrected chi connectivity index (χ1v) is 22.6. The van der Waals surface area contributed by atoms with Gasteiger partial charge < -0.3 is 0 Å². The van der Waals surface area contributed by atoms with Gasteiger partial charge in [0.2, 0.25) is 0 Å². The van der Waals surface area contributed by atoms with Crippen LogP contribution in [0.1, 0.15) is 199 Å². The predicted molar refractivity (Wildman–Crippen MR) is 239 cm³/mol. The molecule has 2 aliphatic rings. The van der Waals surface area contributed by atoms with E-state index in [9.17, 15) is 0 Å². The molecule has 0 radical (unpaired) electrons. The summed E-state index contributed by atoms with van der Waals surface area (Å²) in [5, 5.41) is 0. The van der Waals surface area contributed by atoms with Gasteiger partial charge in [-0.25, -0.2) is 9.97 Å². The number of aromatic nitrogens is 2. The average Bonchev–Trinajstić information content (AvgIpc) is 3.25. The molecular weight excluding hydrogens is 677 g/mol. The number of nitrogens with zero attached hydrogens (tertiary/aromatic N) is 2. The third-order valence-electron chi connectivity index (χ3n) is 12.4. The SMILES string of the molecule is CCCCCC1CCC(c2ccc(C#Cc3ccc(C)cn3)cc2)CC1.CCCCCCc1ccc(C#Cc2ccc(C3CCC(CCCC)CC3)cc2)nc1. The molecular formula is C54H70N2. The molecule has 0 saturated heterocycles. The molecule has 0 spiro atoms. The maximum absolute atomic E-state index is 4.54. The molecule has 2 aliphatic carbocycles. The van der Waals surface area contributed by atoms with E-state index in [2.05, 4.69) is 121 Å². The van der Waals surface area contributed by atoms with Crippen molar-refractivity contribution in [3.05, 3.63) is 130 Å². The van der Waals surface area contributed by atoms with Gasteiger partial charge in [-0.2, -0.15) is 0 Å². The van der Waals surface area contributed by atoms with Gasteiger partial charge in [0, 0.05) is 23.5 Å². The Balaban J connectivity index is 0.000000216. The largest absolute Gasteiger partial charge is 0.248 e. The van der Waals surface area contributed by atoms with E-state index in [4.69, 9.17) is 0 Å². The molecule has 2 aromatic carbocycles. The van der Waals surface area contributed by atoms with Crippen molar-refractivity contribution < 1.29 is 0 Å². The normalized spacial score (nSPS) is 19.1. The van der Waals surface area contributed by atoms with Gasteiger partial charge in [0.25, 0.3) is 0 Å². The van der Waals surface area contributed by atoms with Gasteiger partial charge in [-0.15, -0.1) is 0 Å². The molecule has 296 valence electrons. The van der Waals surface area contributed by atoms with Gasteiger partial charge in [-0.05, 0) is 165 Å². The first-order valence-electron chi connectivity index (χ1n) is 22.6. The summed E-state index contributed by atoms with van der Waals surface area (Å²) in [4.78, 5) is 8.88. The Bertz CT molecular complexity index is 1780. The van der Waals surface area contributed by atoms with Crippen LogP contribution in [0.25, 0.3) is 0 Å². The van der Waals surface area contributed by atoms with Crippen LogP contribution in [0.5, 0.6) is 0 Å². The number of rotatable bonds is 14. The first-order chi connectivity index (χ1) is 27.5. The summed E-state index contributed by atoms with van der Waals surface area (Å²) in [6, 6.07) is 26.2. The van der Waals surface area contributed by atoms with Gasteiger partial charge in [0.05, 0.1) is 0 Å². The number of hydrogen-bond donors (Lipinski definition) is 0. The molecule has 4 aromatic rings. The Morgan fingerprint density at radius 2 is 0.946 bits per heavy atom. The van der Waals surface area contributed by atoms with Crippen LogP contribution in [0.15, 0.2) is 85.2 Å². The van der Waals surface area contributed by atoms with Crippen molar-refractivity contribution in [1.29, 1.82) is 0 Å². The lowest BCUT2D eigenvalue weighted by atomic mass is 9.77. The maximum Gasteiger partial charge on any atom is 0.113 e. The summed E-state index contributed by atoms with van der Waals surface area (Å²) in [5.41, 5.74) is 9.34. The Morgan fingerprint density at radius 1 is 0.464 bits per heavy atom. The van der Waals surface area contributed by atoms with Crippen molar-refractivity contribution in [2.75, 3.05) is 0 Å². The van der Waals surface area contributed by atoms with E-state index in [1.807, 2.05) is 25.4 Å². The van der Waals surface area contributed by atoms with Crippen molar-refractivity contribution in [3.8, 4) is 23.7 Å².